The fraction of sp³-hybridized carbons (Fsp3) is 0.500. The SMILES string of the molecule is Cc1cc(OCC2CCCC2)ccc1C#CCO. The van der Waals surface area contributed by atoms with E-state index in [1.165, 1.54) is 25.7 Å². The van der Waals surface area contributed by atoms with Crippen LogP contribution in [0, 0.1) is 24.7 Å². The molecular formula is C16H20O2. The first-order valence-corrected chi connectivity index (χ1v) is 6.63. The van der Waals surface area contributed by atoms with E-state index in [1.54, 1.807) is 0 Å². The topological polar surface area (TPSA) is 29.5 Å². The van der Waals surface area contributed by atoms with Gasteiger partial charge in [-0.05, 0) is 49.4 Å². The van der Waals surface area contributed by atoms with Crippen LogP contribution in [0.15, 0.2) is 18.2 Å². The van der Waals surface area contributed by atoms with Gasteiger partial charge in [0.2, 0.25) is 0 Å². The molecule has 0 spiro atoms. The van der Waals surface area contributed by atoms with Gasteiger partial charge in [-0.1, -0.05) is 24.7 Å². The van der Waals surface area contributed by atoms with Crippen LogP contribution in [0.5, 0.6) is 5.75 Å². The molecular weight excluding hydrogens is 224 g/mol. The van der Waals surface area contributed by atoms with Crippen molar-refractivity contribution in [3.05, 3.63) is 29.3 Å². The van der Waals surface area contributed by atoms with Crippen LogP contribution >= 0.6 is 0 Å². The minimum absolute atomic E-state index is 0.0978. The number of hydrogen-bond donors (Lipinski definition) is 1. The highest BCUT2D eigenvalue weighted by Crippen LogP contribution is 2.26. The summed E-state index contributed by atoms with van der Waals surface area (Å²) < 4.78 is 5.83. The summed E-state index contributed by atoms with van der Waals surface area (Å²) in [6.45, 7) is 2.75. The lowest BCUT2D eigenvalue weighted by Gasteiger charge is -2.12. The molecule has 1 N–H and O–H groups in total. The Bertz CT molecular complexity index is 448. The number of benzene rings is 1. The Morgan fingerprint density at radius 1 is 1.33 bits per heavy atom. The third-order valence-corrected chi connectivity index (χ3v) is 3.46. The Kier molecular flexibility index (Phi) is 4.66. The summed E-state index contributed by atoms with van der Waals surface area (Å²) in [5.41, 5.74) is 2.05. The molecule has 18 heavy (non-hydrogen) atoms. The second-order valence-electron chi connectivity index (χ2n) is 4.90. The summed E-state index contributed by atoms with van der Waals surface area (Å²) in [4.78, 5) is 0. The van der Waals surface area contributed by atoms with E-state index in [4.69, 9.17) is 9.84 Å². The fourth-order valence-electron chi connectivity index (χ4n) is 2.39. The number of ether oxygens (including phenoxy) is 1. The molecule has 1 fully saturated rings. The van der Waals surface area contributed by atoms with Crippen molar-refractivity contribution in [3.8, 4) is 17.6 Å². The maximum atomic E-state index is 8.68. The molecule has 1 saturated carbocycles. The van der Waals surface area contributed by atoms with E-state index in [2.05, 4.69) is 11.8 Å². The van der Waals surface area contributed by atoms with Gasteiger partial charge in [0.05, 0.1) is 6.61 Å². The lowest BCUT2D eigenvalue weighted by Crippen LogP contribution is -2.08. The van der Waals surface area contributed by atoms with Gasteiger partial charge in [-0.3, -0.25) is 0 Å². The smallest absolute Gasteiger partial charge is 0.119 e. The van der Waals surface area contributed by atoms with Crippen LogP contribution in [-0.4, -0.2) is 18.3 Å². The van der Waals surface area contributed by atoms with Crippen LogP contribution in [0.25, 0.3) is 0 Å². The van der Waals surface area contributed by atoms with Gasteiger partial charge >= 0.3 is 0 Å². The zero-order chi connectivity index (χ0) is 12.8. The van der Waals surface area contributed by atoms with Crippen LogP contribution in [0.3, 0.4) is 0 Å². The summed E-state index contributed by atoms with van der Waals surface area (Å²) in [6.07, 6.45) is 5.31. The van der Waals surface area contributed by atoms with Gasteiger partial charge in [0, 0.05) is 5.56 Å². The molecule has 0 aromatic heterocycles. The van der Waals surface area contributed by atoms with Crippen LogP contribution in [0.1, 0.15) is 36.8 Å². The normalized spacial score (nSPS) is 15.2. The Balaban J connectivity index is 1.95. The maximum absolute atomic E-state index is 8.68. The molecule has 0 unspecified atom stereocenters. The largest absolute Gasteiger partial charge is 0.493 e. The van der Waals surface area contributed by atoms with Gasteiger partial charge in [-0.15, -0.1) is 0 Å². The Morgan fingerprint density at radius 3 is 2.78 bits per heavy atom. The van der Waals surface area contributed by atoms with Crippen molar-refractivity contribution in [1.29, 1.82) is 0 Å². The van der Waals surface area contributed by atoms with E-state index in [9.17, 15) is 0 Å². The molecule has 0 atom stereocenters. The maximum Gasteiger partial charge on any atom is 0.119 e. The summed E-state index contributed by atoms with van der Waals surface area (Å²) in [5.74, 6) is 7.26. The van der Waals surface area contributed by atoms with Crippen molar-refractivity contribution in [1.82, 2.24) is 0 Å². The van der Waals surface area contributed by atoms with Gasteiger partial charge in [0.1, 0.15) is 12.4 Å². The van der Waals surface area contributed by atoms with E-state index in [-0.39, 0.29) is 6.61 Å². The van der Waals surface area contributed by atoms with Crippen LogP contribution in [-0.2, 0) is 0 Å². The number of rotatable bonds is 3. The van der Waals surface area contributed by atoms with Crippen molar-refractivity contribution in [2.75, 3.05) is 13.2 Å². The van der Waals surface area contributed by atoms with E-state index in [0.717, 1.165) is 29.4 Å². The van der Waals surface area contributed by atoms with Crippen LogP contribution < -0.4 is 4.74 Å². The molecule has 2 rings (SSSR count). The summed E-state index contributed by atoms with van der Waals surface area (Å²) in [7, 11) is 0. The molecule has 0 radical (unpaired) electrons. The molecule has 1 aromatic rings. The number of hydrogen-bond acceptors (Lipinski definition) is 2. The predicted octanol–water partition coefficient (Wildman–Crippen LogP) is 2.91. The highest BCUT2D eigenvalue weighted by atomic mass is 16.5. The van der Waals surface area contributed by atoms with E-state index < -0.39 is 0 Å². The second-order valence-corrected chi connectivity index (χ2v) is 4.90. The van der Waals surface area contributed by atoms with Gasteiger partial charge in [-0.25, -0.2) is 0 Å². The minimum atomic E-state index is -0.0978. The molecule has 1 aliphatic rings. The lowest BCUT2D eigenvalue weighted by atomic mass is 10.1. The Labute approximate surface area is 109 Å². The second kappa shape index (κ2) is 6.47. The molecule has 1 aliphatic carbocycles. The average molecular weight is 244 g/mol. The van der Waals surface area contributed by atoms with Crippen molar-refractivity contribution in [3.63, 3.8) is 0 Å². The molecule has 0 aliphatic heterocycles. The third kappa shape index (κ3) is 3.51. The predicted molar refractivity (Wildman–Crippen MR) is 72.6 cm³/mol. The van der Waals surface area contributed by atoms with Gasteiger partial charge in [-0.2, -0.15) is 0 Å². The highest BCUT2D eigenvalue weighted by molar-refractivity contribution is 5.44. The summed E-state index contributed by atoms with van der Waals surface area (Å²) >= 11 is 0. The minimum Gasteiger partial charge on any atom is -0.493 e. The molecule has 0 heterocycles. The summed E-state index contributed by atoms with van der Waals surface area (Å²) in [5, 5.41) is 8.68. The van der Waals surface area contributed by atoms with Crippen LogP contribution in [0.4, 0.5) is 0 Å². The van der Waals surface area contributed by atoms with Crippen LogP contribution in [0.2, 0.25) is 0 Å². The fourth-order valence-corrected chi connectivity index (χ4v) is 2.39. The van der Waals surface area contributed by atoms with Gasteiger partial charge < -0.3 is 9.84 Å². The van der Waals surface area contributed by atoms with Crippen molar-refractivity contribution in [2.24, 2.45) is 5.92 Å². The lowest BCUT2D eigenvalue weighted by molar-refractivity contribution is 0.252. The van der Waals surface area contributed by atoms with E-state index >= 15 is 0 Å². The molecule has 0 bridgehead atoms. The highest BCUT2D eigenvalue weighted by Gasteiger charge is 2.15. The first kappa shape index (κ1) is 13.0. The quantitative estimate of drug-likeness (QED) is 0.828. The number of aliphatic hydroxyl groups is 1. The molecule has 1 aromatic carbocycles. The summed E-state index contributed by atoms with van der Waals surface area (Å²) in [6, 6.07) is 5.95. The zero-order valence-corrected chi connectivity index (χ0v) is 10.9. The zero-order valence-electron chi connectivity index (χ0n) is 10.9. The van der Waals surface area contributed by atoms with Crippen molar-refractivity contribution in [2.45, 2.75) is 32.6 Å². The van der Waals surface area contributed by atoms with Gasteiger partial charge in [0.15, 0.2) is 0 Å². The molecule has 96 valence electrons. The Morgan fingerprint density at radius 2 is 2.11 bits per heavy atom. The van der Waals surface area contributed by atoms with Crippen molar-refractivity contribution < 1.29 is 9.84 Å². The van der Waals surface area contributed by atoms with E-state index in [1.807, 2.05) is 25.1 Å². The molecule has 2 heteroatoms. The first-order valence-electron chi connectivity index (χ1n) is 6.63. The first-order chi connectivity index (χ1) is 8.79. The number of aliphatic hydroxyl groups excluding tert-OH is 1. The average Bonchev–Trinajstić information content (AvgIpc) is 2.88. The number of aryl methyl sites for hydroxylation is 1. The standard InChI is InChI=1S/C16H20O2/c1-13-11-16(9-8-15(13)7-4-10-17)18-12-14-5-2-3-6-14/h8-9,11,14,17H,2-3,5-6,10,12H2,1H3. The monoisotopic (exact) mass is 244 g/mol. The van der Waals surface area contributed by atoms with Gasteiger partial charge in [0.25, 0.3) is 0 Å². The molecule has 0 amide bonds. The van der Waals surface area contributed by atoms with Crippen molar-refractivity contribution >= 4 is 0 Å². The Hall–Kier alpha value is -1.46. The molecule has 2 nitrogen and oxygen atoms in total. The third-order valence-electron chi connectivity index (χ3n) is 3.46. The molecule has 0 saturated heterocycles. The van der Waals surface area contributed by atoms with E-state index in [0.29, 0.717) is 0 Å².